The molecule has 0 spiro atoms. The Morgan fingerprint density at radius 3 is 2.29 bits per heavy atom. The Bertz CT molecular complexity index is 1130. The molecule has 184 valence electrons. The second kappa shape index (κ2) is 11.1. The summed E-state index contributed by atoms with van der Waals surface area (Å²) < 4.78 is 18.3. The van der Waals surface area contributed by atoms with Gasteiger partial charge in [0.2, 0.25) is 6.10 Å². The van der Waals surface area contributed by atoms with Crippen LogP contribution in [0.25, 0.3) is 0 Å². The minimum atomic E-state index is -0.921. The predicted octanol–water partition coefficient (Wildman–Crippen LogP) is 3.96. The van der Waals surface area contributed by atoms with Crippen molar-refractivity contribution in [1.29, 1.82) is 0 Å². The van der Waals surface area contributed by atoms with Crippen LogP contribution in [0.15, 0.2) is 60.9 Å². The molecule has 1 aromatic heterocycles. The number of hydrogen-bond donors (Lipinski definition) is 0. The van der Waals surface area contributed by atoms with Crippen LogP contribution in [0.2, 0.25) is 0 Å². The van der Waals surface area contributed by atoms with E-state index < -0.39 is 12.1 Å². The predicted molar refractivity (Wildman–Crippen MR) is 130 cm³/mol. The Balaban J connectivity index is 1.44. The van der Waals surface area contributed by atoms with Crippen molar-refractivity contribution >= 4 is 11.9 Å². The van der Waals surface area contributed by atoms with Crippen LogP contribution in [0.5, 0.6) is 11.5 Å². The number of carbonyl (C=O) groups is 2. The highest BCUT2D eigenvalue weighted by Gasteiger charge is 2.32. The zero-order valence-corrected chi connectivity index (χ0v) is 20.3. The van der Waals surface area contributed by atoms with E-state index in [1.165, 1.54) is 6.92 Å². The lowest BCUT2D eigenvalue weighted by Crippen LogP contribution is -2.42. The molecule has 1 aliphatic rings. The molecule has 0 saturated carbocycles. The van der Waals surface area contributed by atoms with Crippen LogP contribution in [0.3, 0.4) is 0 Å². The second-order valence-corrected chi connectivity index (χ2v) is 8.63. The van der Waals surface area contributed by atoms with E-state index in [4.69, 9.17) is 14.2 Å². The van der Waals surface area contributed by atoms with Crippen LogP contribution in [0, 0.1) is 0 Å². The number of piperidine rings is 1. The van der Waals surface area contributed by atoms with E-state index in [-0.39, 0.29) is 11.8 Å². The van der Waals surface area contributed by atoms with Gasteiger partial charge in [-0.05, 0) is 30.5 Å². The summed E-state index contributed by atoms with van der Waals surface area (Å²) in [5.74, 6) is 2.06. The van der Waals surface area contributed by atoms with E-state index in [0.29, 0.717) is 25.2 Å². The number of aromatic nitrogens is 2. The molecule has 35 heavy (non-hydrogen) atoms. The summed E-state index contributed by atoms with van der Waals surface area (Å²) in [4.78, 5) is 31.4. The Hall–Kier alpha value is -3.81. The average Bonchev–Trinajstić information content (AvgIpc) is 3.35. The molecule has 8 heteroatoms. The van der Waals surface area contributed by atoms with Gasteiger partial charge in [-0.15, -0.1) is 0 Å². The highest BCUT2D eigenvalue weighted by atomic mass is 16.5. The molecule has 1 atom stereocenters. The van der Waals surface area contributed by atoms with Crippen molar-refractivity contribution in [1.82, 2.24) is 14.5 Å². The highest BCUT2D eigenvalue weighted by molar-refractivity contribution is 5.84. The Morgan fingerprint density at radius 1 is 1.03 bits per heavy atom. The third-order valence-electron chi connectivity index (χ3n) is 6.29. The first-order chi connectivity index (χ1) is 17.0. The average molecular weight is 478 g/mol. The Labute approximate surface area is 205 Å². The van der Waals surface area contributed by atoms with Gasteiger partial charge in [0.25, 0.3) is 5.91 Å². The van der Waals surface area contributed by atoms with E-state index in [0.717, 1.165) is 35.7 Å². The van der Waals surface area contributed by atoms with Crippen LogP contribution < -0.4 is 9.47 Å². The third-order valence-corrected chi connectivity index (χ3v) is 6.29. The maximum Gasteiger partial charge on any atom is 0.303 e. The monoisotopic (exact) mass is 477 g/mol. The van der Waals surface area contributed by atoms with Crippen molar-refractivity contribution in [3.05, 3.63) is 77.9 Å². The van der Waals surface area contributed by atoms with Crippen LogP contribution in [-0.2, 0) is 20.9 Å². The molecule has 1 saturated heterocycles. The van der Waals surface area contributed by atoms with Crippen LogP contribution in [-0.4, -0.2) is 53.6 Å². The van der Waals surface area contributed by atoms with Gasteiger partial charge in [-0.25, -0.2) is 4.98 Å². The summed E-state index contributed by atoms with van der Waals surface area (Å²) in [6, 6.07) is 15.0. The number of benzene rings is 2. The first-order valence-electron chi connectivity index (χ1n) is 11.7. The zero-order chi connectivity index (χ0) is 24.8. The Kier molecular flexibility index (Phi) is 7.70. The fourth-order valence-electron chi connectivity index (χ4n) is 4.55. The van der Waals surface area contributed by atoms with E-state index >= 15 is 0 Å². The molecule has 1 unspecified atom stereocenters. The molecule has 2 heterocycles. The minimum Gasteiger partial charge on any atom is -0.497 e. The summed E-state index contributed by atoms with van der Waals surface area (Å²) in [5, 5.41) is 0. The van der Waals surface area contributed by atoms with Crippen LogP contribution in [0.1, 0.15) is 48.7 Å². The van der Waals surface area contributed by atoms with E-state index in [9.17, 15) is 9.59 Å². The van der Waals surface area contributed by atoms with Gasteiger partial charge in [0, 0.05) is 56.5 Å². The molecule has 0 N–H and O–H groups in total. The summed E-state index contributed by atoms with van der Waals surface area (Å²) in [6.45, 7) is 3.12. The lowest BCUT2D eigenvalue weighted by atomic mass is 9.95. The van der Waals surface area contributed by atoms with E-state index in [1.807, 2.05) is 60.9 Å². The number of carbonyl (C=O) groups excluding carboxylic acids is 2. The lowest BCUT2D eigenvalue weighted by molar-refractivity contribution is -0.159. The molecule has 2 aromatic carbocycles. The molecule has 8 nitrogen and oxygen atoms in total. The first kappa shape index (κ1) is 24.3. The van der Waals surface area contributed by atoms with Crippen molar-refractivity contribution in [2.75, 3.05) is 27.3 Å². The molecule has 0 radical (unpaired) electrons. The Morgan fingerprint density at radius 2 is 1.69 bits per heavy atom. The van der Waals surface area contributed by atoms with Gasteiger partial charge < -0.3 is 23.7 Å². The van der Waals surface area contributed by atoms with Gasteiger partial charge in [-0.2, -0.15) is 0 Å². The molecule has 0 bridgehead atoms. The van der Waals surface area contributed by atoms with E-state index in [2.05, 4.69) is 9.55 Å². The number of hydrogen-bond acceptors (Lipinski definition) is 6. The van der Waals surface area contributed by atoms with Crippen molar-refractivity contribution in [2.45, 2.75) is 38.3 Å². The number of likely N-dealkylation sites (tertiary alicyclic amines) is 1. The zero-order valence-electron chi connectivity index (χ0n) is 20.3. The first-order valence-corrected chi connectivity index (χ1v) is 11.7. The minimum absolute atomic E-state index is 0.184. The highest BCUT2D eigenvalue weighted by Crippen LogP contribution is 2.31. The number of nitrogens with zero attached hydrogens (tertiary/aromatic N) is 3. The number of amides is 1. The maximum absolute atomic E-state index is 13.3. The number of imidazole rings is 1. The van der Waals surface area contributed by atoms with Crippen molar-refractivity contribution in [3.63, 3.8) is 0 Å². The molecule has 4 rings (SSSR count). The van der Waals surface area contributed by atoms with Gasteiger partial charge in [-0.1, -0.05) is 30.3 Å². The normalized spacial score (nSPS) is 14.9. The van der Waals surface area contributed by atoms with Gasteiger partial charge in [0.05, 0.1) is 14.2 Å². The molecular weight excluding hydrogens is 446 g/mol. The number of esters is 1. The largest absolute Gasteiger partial charge is 0.497 e. The maximum atomic E-state index is 13.3. The summed E-state index contributed by atoms with van der Waals surface area (Å²) in [7, 11) is 3.28. The van der Waals surface area contributed by atoms with Crippen LogP contribution >= 0.6 is 0 Å². The lowest BCUT2D eigenvalue weighted by Gasteiger charge is -2.34. The summed E-state index contributed by atoms with van der Waals surface area (Å²) in [6.07, 6.45) is 4.44. The van der Waals surface area contributed by atoms with Crippen molar-refractivity contribution in [2.24, 2.45) is 0 Å². The fourth-order valence-corrected chi connectivity index (χ4v) is 4.55. The molecule has 1 aliphatic heterocycles. The van der Waals surface area contributed by atoms with Gasteiger partial charge >= 0.3 is 5.97 Å². The number of ether oxygens (including phenoxy) is 3. The van der Waals surface area contributed by atoms with Crippen molar-refractivity contribution < 1.29 is 23.8 Å². The van der Waals surface area contributed by atoms with Crippen molar-refractivity contribution in [3.8, 4) is 11.5 Å². The fraction of sp³-hybridized carbons (Fsp3) is 0.370. The molecule has 0 aliphatic carbocycles. The van der Waals surface area contributed by atoms with Gasteiger partial charge in [-0.3, -0.25) is 9.59 Å². The third kappa shape index (κ3) is 5.82. The molecule has 1 fully saturated rings. The SMILES string of the molecule is COc1cc(Cn2ccnc2C2CCN(C(=O)C(OC(C)=O)c3ccccc3)CC2)cc(OC)c1. The van der Waals surface area contributed by atoms with Crippen LogP contribution in [0.4, 0.5) is 0 Å². The topological polar surface area (TPSA) is 82.9 Å². The summed E-state index contributed by atoms with van der Waals surface area (Å²) >= 11 is 0. The smallest absolute Gasteiger partial charge is 0.303 e. The quantitative estimate of drug-likeness (QED) is 0.457. The molecular formula is C27H31N3O5. The number of rotatable bonds is 8. The summed E-state index contributed by atoms with van der Waals surface area (Å²) in [5.41, 5.74) is 1.74. The van der Waals surface area contributed by atoms with Gasteiger partial charge in [0.1, 0.15) is 17.3 Å². The molecule has 3 aromatic rings. The standard InChI is InChI=1S/C27H31N3O5/c1-19(31)35-25(21-7-5-4-6-8-21)27(32)29-12-9-22(10-13-29)26-28-11-14-30(26)18-20-15-23(33-2)17-24(16-20)34-3/h4-8,11,14-17,22,25H,9-10,12-13,18H2,1-3H3. The molecule has 1 amide bonds. The number of methoxy groups -OCH3 is 2. The van der Waals surface area contributed by atoms with Gasteiger partial charge in [0.15, 0.2) is 0 Å². The second-order valence-electron chi connectivity index (χ2n) is 8.63. The van der Waals surface area contributed by atoms with E-state index in [1.54, 1.807) is 19.1 Å².